The van der Waals surface area contributed by atoms with Gasteiger partial charge in [0.15, 0.2) is 11.5 Å². The minimum absolute atomic E-state index is 0.0400. The Labute approximate surface area is 279 Å². The fourth-order valence-electron chi connectivity index (χ4n) is 8.82. The number of phenols is 4. The second-order valence-electron chi connectivity index (χ2n) is 14.2. The summed E-state index contributed by atoms with van der Waals surface area (Å²) in [7, 11) is 0. The van der Waals surface area contributed by atoms with Crippen LogP contribution in [0.4, 0.5) is 0 Å². The summed E-state index contributed by atoms with van der Waals surface area (Å²) >= 11 is 0. The molecule has 0 aromatic heterocycles. The molecule has 0 aliphatic heterocycles. The van der Waals surface area contributed by atoms with Crippen LogP contribution in [-0.4, -0.2) is 20.4 Å². The molecule has 0 atom stereocenters. The Bertz CT molecular complexity index is 2510. The Morgan fingerprint density at radius 1 is 0.583 bits per heavy atom. The van der Waals surface area contributed by atoms with Gasteiger partial charge in [-0.2, -0.15) is 0 Å². The molecular weight excluding hydrogens is 592 g/mol. The van der Waals surface area contributed by atoms with Gasteiger partial charge in [0.1, 0.15) is 0 Å². The number of phenolic OH excluding ortho intramolecular Hbond substituents is 4. The normalized spacial score (nSPS) is 15.5. The maximum absolute atomic E-state index is 10.8. The Morgan fingerprint density at radius 3 is 2.21 bits per heavy atom. The van der Waals surface area contributed by atoms with Gasteiger partial charge in [-0.3, -0.25) is 0 Å². The smallest absolute Gasteiger partial charge is 0.204 e. The molecule has 0 bridgehead atoms. The lowest BCUT2D eigenvalue weighted by Crippen LogP contribution is -2.33. The highest BCUT2D eigenvalue weighted by Crippen LogP contribution is 2.52. The molecule has 0 amide bonds. The van der Waals surface area contributed by atoms with Gasteiger partial charge < -0.3 is 20.4 Å². The summed E-state index contributed by atoms with van der Waals surface area (Å²) in [4.78, 5) is 0. The predicted octanol–water partition coefficient (Wildman–Crippen LogP) is 8.70. The molecule has 3 aliphatic rings. The van der Waals surface area contributed by atoms with Gasteiger partial charge in [-0.05, 0) is 128 Å². The first-order chi connectivity index (χ1) is 23.1. The van der Waals surface area contributed by atoms with E-state index in [0.717, 1.165) is 36.8 Å². The molecule has 0 saturated heterocycles. The van der Waals surface area contributed by atoms with Crippen molar-refractivity contribution >= 4 is 21.9 Å². The lowest BCUT2D eigenvalue weighted by molar-refractivity contribution is 0.345. The highest BCUT2D eigenvalue weighted by molar-refractivity contribution is 5.95. The molecule has 0 radical (unpaired) electrons. The van der Waals surface area contributed by atoms with Crippen LogP contribution in [-0.2, 0) is 11.8 Å². The van der Waals surface area contributed by atoms with Crippen molar-refractivity contribution in [3.8, 4) is 56.4 Å². The molecule has 3 aliphatic carbocycles. The van der Waals surface area contributed by atoms with E-state index >= 15 is 0 Å². The Balaban J connectivity index is 1.20. The number of aromatic hydroxyl groups is 4. The minimum Gasteiger partial charge on any atom is -0.504 e. The summed E-state index contributed by atoms with van der Waals surface area (Å²) < 4.78 is 0. The molecule has 4 N–H and O–H groups in total. The van der Waals surface area contributed by atoms with Crippen molar-refractivity contribution in [2.45, 2.75) is 51.9 Å². The monoisotopic (exact) mass is 628 g/mol. The first-order valence-electron chi connectivity index (χ1n) is 16.8. The quantitative estimate of drug-likeness (QED) is 0.114. The van der Waals surface area contributed by atoms with Crippen LogP contribution in [0.2, 0.25) is 0 Å². The topological polar surface area (TPSA) is 80.9 Å². The molecule has 0 unspecified atom stereocenters. The van der Waals surface area contributed by atoms with E-state index in [9.17, 15) is 20.4 Å². The first-order valence-corrected chi connectivity index (χ1v) is 16.8. The van der Waals surface area contributed by atoms with Crippen molar-refractivity contribution < 1.29 is 20.4 Å². The fraction of sp³-hybridized carbons (Fsp3) is 0.182. The zero-order valence-corrected chi connectivity index (χ0v) is 27.3. The predicted molar refractivity (Wildman–Crippen MR) is 193 cm³/mol. The third kappa shape index (κ3) is 3.89. The van der Waals surface area contributed by atoms with Crippen LogP contribution in [0.5, 0.6) is 23.0 Å². The third-order valence-corrected chi connectivity index (χ3v) is 11.3. The van der Waals surface area contributed by atoms with Crippen molar-refractivity contribution in [1.82, 2.24) is 0 Å². The summed E-state index contributed by atoms with van der Waals surface area (Å²) in [6.45, 7) is 6.30. The maximum atomic E-state index is 10.8. The van der Waals surface area contributed by atoms with Crippen LogP contribution in [0, 0.1) is 6.92 Å². The number of rotatable bonds is 2. The molecule has 236 valence electrons. The van der Waals surface area contributed by atoms with E-state index in [1.54, 1.807) is 6.92 Å². The van der Waals surface area contributed by atoms with E-state index in [2.05, 4.69) is 92.7 Å². The van der Waals surface area contributed by atoms with Gasteiger partial charge in [-0.25, -0.2) is 0 Å². The molecule has 4 heteroatoms. The van der Waals surface area contributed by atoms with Crippen molar-refractivity contribution in [3.05, 3.63) is 129 Å². The largest absolute Gasteiger partial charge is 0.504 e. The van der Waals surface area contributed by atoms with Gasteiger partial charge in [0.05, 0.1) is 0 Å². The molecule has 0 saturated carbocycles. The Morgan fingerprint density at radius 2 is 1.35 bits per heavy atom. The molecule has 0 heterocycles. The van der Waals surface area contributed by atoms with E-state index in [1.807, 2.05) is 12.1 Å². The molecule has 6 aromatic rings. The van der Waals surface area contributed by atoms with Crippen LogP contribution in [0.1, 0.15) is 60.9 Å². The van der Waals surface area contributed by atoms with E-state index in [4.69, 9.17) is 0 Å². The van der Waals surface area contributed by atoms with E-state index < -0.39 is 23.0 Å². The van der Waals surface area contributed by atoms with Gasteiger partial charge in [0.25, 0.3) is 0 Å². The van der Waals surface area contributed by atoms with E-state index in [-0.39, 0.29) is 5.41 Å². The SMILES string of the molecule is Cc1c(O)c(O)c(O)c(O)c1-c1ccc2c(c1)CC1=c3c-2cccc3=C(c2ccc3cc4c(cc3c2)C(C)(C)c2ccccc2-4)CCC1. The minimum atomic E-state index is -0.714. The second kappa shape index (κ2) is 10.0. The van der Waals surface area contributed by atoms with Crippen LogP contribution >= 0.6 is 0 Å². The van der Waals surface area contributed by atoms with E-state index in [1.165, 1.54) is 65.7 Å². The van der Waals surface area contributed by atoms with Crippen molar-refractivity contribution in [2.75, 3.05) is 0 Å². The van der Waals surface area contributed by atoms with Gasteiger partial charge in [-0.1, -0.05) is 92.2 Å². The van der Waals surface area contributed by atoms with Crippen LogP contribution in [0.3, 0.4) is 0 Å². The van der Waals surface area contributed by atoms with Crippen LogP contribution in [0.25, 0.3) is 55.3 Å². The summed E-state index contributed by atoms with van der Waals surface area (Å²) in [5, 5.41) is 46.7. The summed E-state index contributed by atoms with van der Waals surface area (Å²) in [6, 6.07) is 33.3. The van der Waals surface area contributed by atoms with Gasteiger partial charge >= 0.3 is 0 Å². The summed E-state index contributed by atoms with van der Waals surface area (Å²) in [5.74, 6) is -2.29. The number of fused-ring (bicyclic) bond motifs is 6. The maximum Gasteiger partial charge on any atom is 0.204 e. The Kier molecular flexibility index (Phi) is 5.99. The molecule has 6 aromatic carbocycles. The van der Waals surface area contributed by atoms with Crippen molar-refractivity contribution in [1.29, 1.82) is 0 Å². The average Bonchev–Trinajstić information content (AvgIpc) is 3.19. The zero-order chi connectivity index (χ0) is 33.1. The average molecular weight is 629 g/mol. The number of hydrogen-bond acceptors (Lipinski definition) is 4. The lowest BCUT2D eigenvalue weighted by atomic mass is 9.81. The van der Waals surface area contributed by atoms with E-state index in [0.29, 0.717) is 16.7 Å². The molecular formula is C44H36O4. The van der Waals surface area contributed by atoms with Gasteiger partial charge in [-0.15, -0.1) is 0 Å². The van der Waals surface area contributed by atoms with Gasteiger partial charge in [0.2, 0.25) is 11.5 Å². The summed E-state index contributed by atoms with van der Waals surface area (Å²) in [5.41, 5.74) is 14.4. The van der Waals surface area contributed by atoms with Crippen LogP contribution in [0.15, 0.2) is 91.0 Å². The van der Waals surface area contributed by atoms with Crippen LogP contribution < -0.4 is 10.4 Å². The molecule has 4 nitrogen and oxygen atoms in total. The standard InChI is InChI=1S/C44H36O4/c1-23-38(41(46)43(48)42(47)40(23)45)27-16-17-31-29(20-27)19-26-8-6-10-30(33-11-7-12-34(31)39(26)33)25-15-14-24-21-35-32-9-4-5-13-36(32)44(2,3)37(35)22-28(24)18-25/h4-5,7,9,11-18,20-22,45-48H,6,8,10,19H2,1-3H3. The lowest BCUT2D eigenvalue weighted by Gasteiger charge is -2.22. The molecule has 0 fully saturated rings. The summed E-state index contributed by atoms with van der Waals surface area (Å²) in [6.07, 6.45) is 3.83. The molecule has 9 rings (SSSR count). The molecule has 0 spiro atoms. The highest BCUT2D eigenvalue weighted by Gasteiger charge is 2.35. The first kappa shape index (κ1) is 28.7. The van der Waals surface area contributed by atoms with Crippen molar-refractivity contribution in [3.63, 3.8) is 0 Å². The highest BCUT2D eigenvalue weighted by atomic mass is 16.3. The second-order valence-corrected chi connectivity index (χ2v) is 14.2. The third-order valence-electron chi connectivity index (χ3n) is 11.3. The number of hydrogen-bond donors (Lipinski definition) is 4. The van der Waals surface area contributed by atoms with Crippen molar-refractivity contribution in [2.24, 2.45) is 0 Å². The number of benzene rings is 6. The van der Waals surface area contributed by atoms with Gasteiger partial charge in [0, 0.05) is 16.5 Å². The Hall–Kier alpha value is -5.48. The fourth-order valence-corrected chi connectivity index (χ4v) is 8.82. The molecule has 48 heavy (non-hydrogen) atoms. The zero-order valence-electron chi connectivity index (χ0n) is 27.3.